The molecule has 0 radical (unpaired) electrons. The lowest BCUT2D eigenvalue weighted by atomic mass is 9.91. The molecule has 17 nitrogen and oxygen atoms in total. The highest BCUT2D eigenvalue weighted by Crippen LogP contribution is 2.41. The molecule has 0 bridgehead atoms. The number of carbonyl (C=O) groups is 5. The van der Waals surface area contributed by atoms with E-state index in [4.69, 9.17) is 23.7 Å². The Bertz CT molecular complexity index is 2250. The lowest BCUT2D eigenvalue weighted by Crippen LogP contribution is -2.54. The summed E-state index contributed by atoms with van der Waals surface area (Å²) in [5.74, 6) is -0.248. The Morgan fingerprint density at radius 1 is 0.905 bits per heavy atom. The van der Waals surface area contributed by atoms with Crippen molar-refractivity contribution < 1.29 is 52.8 Å². The average Bonchev–Trinajstić information content (AvgIpc) is 3.88. The number of hydrogen-bond acceptors (Lipinski definition) is 14. The van der Waals surface area contributed by atoms with Gasteiger partial charge in [-0.25, -0.2) is 0 Å². The van der Waals surface area contributed by atoms with E-state index < -0.39 is 35.9 Å². The van der Waals surface area contributed by atoms with Gasteiger partial charge in [0.05, 0.1) is 56.6 Å². The third-order valence-electron chi connectivity index (χ3n) is 12.6. The van der Waals surface area contributed by atoms with Gasteiger partial charge < -0.3 is 38.6 Å². The molecular formula is C46H54N6O11. The van der Waals surface area contributed by atoms with E-state index in [1.165, 1.54) is 6.07 Å². The Morgan fingerprint density at radius 3 is 2.43 bits per heavy atom. The van der Waals surface area contributed by atoms with Gasteiger partial charge >= 0.3 is 0 Å². The second-order valence-electron chi connectivity index (χ2n) is 16.5. The molecule has 1 aromatic heterocycles. The molecule has 3 saturated heterocycles. The van der Waals surface area contributed by atoms with Crippen molar-refractivity contribution in [1.29, 1.82) is 0 Å². The van der Waals surface area contributed by atoms with Gasteiger partial charge in [0.2, 0.25) is 17.7 Å². The van der Waals surface area contributed by atoms with Gasteiger partial charge in [-0.3, -0.25) is 44.1 Å². The third-order valence-corrected chi connectivity index (χ3v) is 12.6. The standard InChI is InChI=1S/C46H54N6O11/c1-49-25-34(31-9-14-47-23-33(31)44(49)56)29-21-38(59-2)35(39(22-29)60-3)26-50-15-10-28(11-16-50)27-63-30-12-17-51(24-30)41(54)13-18-61-19-20-62-37-6-4-5-32-42(37)46(58)52(45(32)57)36-7-8-40(53)48-43(36)55/h4-6,9,14,21-23,25,28,30,36,44,56H,7-8,10-13,15-20,24,26-27H2,1-3H3,(H,48,53,55). The number of amides is 5. The summed E-state index contributed by atoms with van der Waals surface area (Å²) < 4.78 is 29.7. The first-order valence-corrected chi connectivity index (χ1v) is 21.5. The number of nitrogens with zero attached hydrogens (tertiary/aromatic N) is 5. The predicted octanol–water partition coefficient (Wildman–Crippen LogP) is 3.14. The van der Waals surface area contributed by atoms with Gasteiger partial charge in [0.15, 0.2) is 6.23 Å². The fourth-order valence-corrected chi connectivity index (χ4v) is 9.08. The number of imide groups is 2. The molecule has 5 aliphatic rings. The molecule has 334 valence electrons. The van der Waals surface area contributed by atoms with Crippen LogP contribution >= 0.6 is 0 Å². The van der Waals surface area contributed by atoms with Crippen LogP contribution in [0, 0.1) is 5.92 Å². The zero-order valence-corrected chi connectivity index (χ0v) is 35.9. The lowest BCUT2D eigenvalue weighted by Gasteiger charge is -2.33. The molecule has 17 heteroatoms. The quantitative estimate of drug-likeness (QED) is 0.158. The van der Waals surface area contributed by atoms with Crippen molar-refractivity contribution in [3.05, 3.63) is 88.4 Å². The Labute approximate surface area is 365 Å². The minimum absolute atomic E-state index is 0.00328. The normalized spacial score (nSPS) is 21.6. The second-order valence-corrected chi connectivity index (χ2v) is 16.5. The van der Waals surface area contributed by atoms with Gasteiger partial charge in [-0.15, -0.1) is 0 Å². The molecule has 5 amide bonds. The number of benzene rings is 2. The maximum Gasteiger partial charge on any atom is 0.266 e. The van der Waals surface area contributed by atoms with Gasteiger partial charge in [-0.1, -0.05) is 6.07 Å². The summed E-state index contributed by atoms with van der Waals surface area (Å²) in [6.45, 7) is 4.77. The number of pyridine rings is 1. The summed E-state index contributed by atoms with van der Waals surface area (Å²) in [5, 5.41) is 12.9. The molecule has 6 heterocycles. The number of fused-ring (bicyclic) bond motifs is 2. The smallest absolute Gasteiger partial charge is 0.266 e. The molecule has 3 aromatic rings. The maximum absolute atomic E-state index is 13.3. The lowest BCUT2D eigenvalue weighted by molar-refractivity contribution is -0.136. The van der Waals surface area contributed by atoms with Crippen molar-refractivity contribution in [2.75, 3.05) is 73.9 Å². The van der Waals surface area contributed by atoms with Gasteiger partial charge in [0.1, 0.15) is 29.9 Å². The van der Waals surface area contributed by atoms with Crippen LogP contribution in [0.2, 0.25) is 0 Å². The number of ether oxygens (including phenoxy) is 5. The van der Waals surface area contributed by atoms with Crippen LogP contribution in [0.5, 0.6) is 17.2 Å². The highest BCUT2D eigenvalue weighted by Gasteiger charge is 2.46. The SMILES string of the molecule is COc1cc(C2=CN(C)C(O)c3cnccc32)cc(OC)c1CN1CCC(COC2CCN(C(=O)CCOCCOc3cccc4c3C(=O)N(C3CCC(=O)NC3=O)C4=O)C2)CC1. The first kappa shape index (κ1) is 43.8. The number of rotatable bonds is 16. The van der Waals surface area contributed by atoms with E-state index in [1.54, 1.807) is 43.6 Å². The minimum atomic E-state index is -1.06. The molecule has 0 spiro atoms. The van der Waals surface area contributed by atoms with E-state index in [1.807, 2.05) is 36.3 Å². The minimum Gasteiger partial charge on any atom is -0.496 e. The zero-order valence-electron chi connectivity index (χ0n) is 35.9. The summed E-state index contributed by atoms with van der Waals surface area (Å²) in [6.07, 6.45) is 7.67. The number of methoxy groups -OCH3 is 2. The molecule has 3 atom stereocenters. The highest BCUT2D eigenvalue weighted by molar-refractivity contribution is 6.24. The fourth-order valence-electron chi connectivity index (χ4n) is 9.08. The van der Waals surface area contributed by atoms with Crippen molar-refractivity contribution in [2.45, 2.75) is 63.4 Å². The molecule has 8 rings (SSSR count). The molecule has 2 aromatic carbocycles. The van der Waals surface area contributed by atoms with Gasteiger partial charge in [0, 0.05) is 69.4 Å². The first-order valence-electron chi connectivity index (χ1n) is 21.5. The summed E-state index contributed by atoms with van der Waals surface area (Å²) in [6, 6.07) is 9.61. The Balaban J connectivity index is 0.739. The van der Waals surface area contributed by atoms with E-state index in [2.05, 4.69) is 15.2 Å². The number of aliphatic hydroxyl groups is 1. The van der Waals surface area contributed by atoms with E-state index in [9.17, 15) is 29.1 Å². The molecule has 2 N–H and O–H groups in total. The monoisotopic (exact) mass is 866 g/mol. The zero-order chi connectivity index (χ0) is 44.2. The highest BCUT2D eigenvalue weighted by atomic mass is 16.5. The summed E-state index contributed by atoms with van der Waals surface area (Å²) in [4.78, 5) is 74.5. The molecular weight excluding hydrogens is 813 g/mol. The van der Waals surface area contributed by atoms with E-state index in [0.29, 0.717) is 32.2 Å². The van der Waals surface area contributed by atoms with Crippen LogP contribution in [0.3, 0.4) is 0 Å². The van der Waals surface area contributed by atoms with Gasteiger partial charge in [-0.05, 0) is 86.1 Å². The first-order chi connectivity index (χ1) is 30.5. The Morgan fingerprint density at radius 2 is 1.68 bits per heavy atom. The number of carbonyl (C=O) groups excluding carboxylic acids is 5. The van der Waals surface area contributed by atoms with Crippen LogP contribution in [-0.2, 0) is 30.4 Å². The Hall–Kier alpha value is -5.88. The van der Waals surface area contributed by atoms with Crippen LogP contribution in [0.15, 0.2) is 55.0 Å². The third kappa shape index (κ3) is 9.28. The number of nitrogens with one attached hydrogen (secondary N) is 1. The number of aromatic nitrogens is 1. The van der Waals surface area contributed by atoms with E-state index in [-0.39, 0.29) is 68.0 Å². The van der Waals surface area contributed by atoms with E-state index >= 15 is 0 Å². The van der Waals surface area contributed by atoms with Crippen LogP contribution in [0.4, 0.5) is 0 Å². The second kappa shape index (κ2) is 19.2. The molecule has 0 saturated carbocycles. The van der Waals surface area contributed by atoms with Crippen molar-refractivity contribution in [3.63, 3.8) is 0 Å². The van der Waals surface area contributed by atoms with Crippen LogP contribution < -0.4 is 19.5 Å². The summed E-state index contributed by atoms with van der Waals surface area (Å²) in [5.41, 5.74) is 4.73. The number of hydrogen-bond donors (Lipinski definition) is 2. The van der Waals surface area contributed by atoms with Crippen LogP contribution in [0.1, 0.15) is 87.7 Å². The summed E-state index contributed by atoms with van der Waals surface area (Å²) >= 11 is 0. The van der Waals surface area contributed by atoms with Gasteiger partial charge in [0.25, 0.3) is 11.8 Å². The number of likely N-dealkylation sites (tertiary alicyclic amines) is 2. The van der Waals surface area contributed by atoms with Crippen LogP contribution in [0.25, 0.3) is 5.57 Å². The van der Waals surface area contributed by atoms with E-state index in [0.717, 1.165) is 76.6 Å². The summed E-state index contributed by atoms with van der Waals surface area (Å²) in [7, 11) is 5.19. The van der Waals surface area contributed by atoms with Crippen molar-refractivity contribution >= 4 is 35.1 Å². The predicted molar refractivity (Wildman–Crippen MR) is 227 cm³/mol. The average molecular weight is 867 g/mol. The largest absolute Gasteiger partial charge is 0.496 e. The number of aliphatic hydroxyl groups excluding tert-OH is 1. The maximum atomic E-state index is 13.3. The molecule has 3 unspecified atom stereocenters. The van der Waals surface area contributed by atoms with Gasteiger partial charge in [-0.2, -0.15) is 0 Å². The fraction of sp³-hybridized carbons (Fsp3) is 0.478. The van der Waals surface area contributed by atoms with Crippen molar-refractivity contribution in [2.24, 2.45) is 5.92 Å². The molecule has 63 heavy (non-hydrogen) atoms. The number of piperidine rings is 2. The van der Waals surface area contributed by atoms with Crippen molar-refractivity contribution in [1.82, 2.24) is 29.9 Å². The Kier molecular flexibility index (Phi) is 13.4. The topological polar surface area (TPSA) is 190 Å². The van der Waals surface area contributed by atoms with Crippen molar-refractivity contribution in [3.8, 4) is 17.2 Å². The molecule has 3 fully saturated rings. The van der Waals surface area contributed by atoms with Crippen LogP contribution in [-0.4, -0.2) is 145 Å². The molecule has 5 aliphatic heterocycles. The molecule has 0 aliphatic carbocycles.